The monoisotopic (exact) mass is 316 g/mol. The maximum atomic E-state index is 12.8. The van der Waals surface area contributed by atoms with Gasteiger partial charge in [-0.15, -0.1) is 0 Å². The van der Waals surface area contributed by atoms with Crippen LogP contribution in [0.4, 0.5) is 0 Å². The van der Waals surface area contributed by atoms with Crippen LogP contribution >= 0.6 is 0 Å². The van der Waals surface area contributed by atoms with Gasteiger partial charge in [0.1, 0.15) is 5.65 Å². The van der Waals surface area contributed by atoms with Gasteiger partial charge in [-0.2, -0.15) is 5.10 Å². The standard InChI is InChI=1S/C19H16N4O/c1-13-18(17(24)10-9-14-6-5-11-20-12-14)19-22(2)15-7-3-4-8-16(15)23(19)21-13/h3-12H,1-2H3/b10-9+. The van der Waals surface area contributed by atoms with E-state index in [0.717, 1.165) is 27.9 Å². The zero-order valence-electron chi connectivity index (χ0n) is 13.5. The zero-order chi connectivity index (χ0) is 16.7. The van der Waals surface area contributed by atoms with Gasteiger partial charge in [0.2, 0.25) is 0 Å². The van der Waals surface area contributed by atoms with E-state index in [9.17, 15) is 4.79 Å². The Labute approximate surface area is 138 Å². The summed E-state index contributed by atoms with van der Waals surface area (Å²) in [6.07, 6.45) is 6.79. The first kappa shape index (κ1) is 14.4. The Morgan fingerprint density at radius 1 is 1.12 bits per heavy atom. The Balaban J connectivity index is 1.86. The minimum absolute atomic E-state index is 0.0581. The first-order valence-corrected chi connectivity index (χ1v) is 7.72. The lowest BCUT2D eigenvalue weighted by Crippen LogP contribution is -1.99. The lowest BCUT2D eigenvalue weighted by Gasteiger charge is -1.99. The van der Waals surface area contributed by atoms with Crippen LogP contribution in [0.25, 0.3) is 22.8 Å². The van der Waals surface area contributed by atoms with Gasteiger partial charge >= 0.3 is 0 Å². The Kier molecular flexibility index (Phi) is 3.27. The lowest BCUT2D eigenvalue weighted by atomic mass is 10.1. The number of carbonyl (C=O) groups excluding carboxylic acids is 1. The van der Waals surface area contributed by atoms with E-state index < -0.39 is 0 Å². The summed E-state index contributed by atoms with van der Waals surface area (Å²) in [6, 6.07) is 11.8. The third kappa shape index (κ3) is 2.13. The van der Waals surface area contributed by atoms with Crippen molar-refractivity contribution in [2.24, 2.45) is 7.05 Å². The van der Waals surface area contributed by atoms with Gasteiger partial charge in [0, 0.05) is 19.4 Å². The van der Waals surface area contributed by atoms with Crippen molar-refractivity contribution in [2.45, 2.75) is 6.92 Å². The fourth-order valence-corrected chi connectivity index (χ4v) is 3.05. The highest BCUT2D eigenvalue weighted by Crippen LogP contribution is 2.24. The number of hydrogen-bond acceptors (Lipinski definition) is 3. The molecule has 0 atom stereocenters. The van der Waals surface area contributed by atoms with Gasteiger partial charge in [-0.1, -0.05) is 18.2 Å². The molecule has 0 aliphatic carbocycles. The SMILES string of the molecule is Cc1nn2c3ccccc3n(C)c2c1C(=O)/C=C/c1cccnc1. The third-order valence-electron chi connectivity index (χ3n) is 4.18. The number of aromatic nitrogens is 4. The molecule has 0 fully saturated rings. The zero-order valence-corrected chi connectivity index (χ0v) is 13.5. The number of nitrogens with zero attached hydrogens (tertiary/aromatic N) is 4. The largest absolute Gasteiger partial charge is 0.327 e. The second-order valence-electron chi connectivity index (χ2n) is 5.73. The van der Waals surface area contributed by atoms with Crippen molar-refractivity contribution in [3.8, 4) is 0 Å². The highest BCUT2D eigenvalue weighted by molar-refractivity contribution is 6.12. The van der Waals surface area contributed by atoms with Crippen molar-refractivity contribution in [3.63, 3.8) is 0 Å². The molecule has 5 heteroatoms. The Morgan fingerprint density at radius 3 is 2.67 bits per heavy atom. The molecule has 0 N–H and O–H groups in total. The van der Waals surface area contributed by atoms with E-state index in [0.29, 0.717) is 5.56 Å². The summed E-state index contributed by atoms with van der Waals surface area (Å²) in [5, 5.41) is 4.57. The quantitative estimate of drug-likeness (QED) is 0.430. The average molecular weight is 316 g/mol. The number of ketones is 1. The molecule has 5 nitrogen and oxygen atoms in total. The summed E-state index contributed by atoms with van der Waals surface area (Å²) in [5.41, 5.74) is 5.11. The van der Waals surface area contributed by atoms with E-state index in [2.05, 4.69) is 10.1 Å². The molecular weight excluding hydrogens is 300 g/mol. The van der Waals surface area contributed by atoms with Gasteiger partial charge in [-0.05, 0) is 42.8 Å². The topological polar surface area (TPSA) is 52.2 Å². The smallest absolute Gasteiger partial charge is 0.191 e. The summed E-state index contributed by atoms with van der Waals surface area (Å²) < 4.78 is 3.86. The molecule has 24 heavy (non-hydrogen) atoms. The second kappa shape index (κ2) is 5.45. The van der Waals surface area contributed by atoms with Gasteiger partial charge in [0.05, 0.1) is 22.3 Å². The lowest BCUT2D eigenvalue weighted by molar-refractivity contribution is 0.104. The van der Waals surface area contributed by atoms with Crippen LogP contribution in [-0.4, -0.2) is 24.9 Å². The van der Waals surface area contributed by atoms with Crippen LogP contribution in [0.2, 0.25) is 0 Å². The molecule has 0 saturated heterocycles. The van der Waals surface area contributed by atoms with Gasteiger partial charge in [0.15, 0.2) is 5.78 Å². The molecular formula is C19H16N4O. The van der Waals surface area contributed by atoms with Crippen molar-refractivity contribution < 1.29 is 4.79 Å². The number of para-hydroxylation sites is 2. The second-order valence-corrected chi connectivity index (χ2v) is 5.73. The van der Waals surface area contributed by atoms with Gasteiger partial charge < -0.3 is 4.57 Å². The highest BCUT2D eigenvalue weighted by Gasteiger charge is 2.20. The number of benzene rings is 1. The summed E-state index contributed by atoms with van der Waals surface area (Å²) in [5.74, 6) is -0.0581. The number of carbonyl (C=O) groups is 1. The van der Waals surface area contributed by atoms with Crippen LogP contribution in [0.5, 0.6) is 0 Å². The Hall–Kier alpha value is -3.21. The van der Waals surface area contributed by atoms with Crippen molar-refractivity contribution in [3.05, 3.63) is 71.7 Å². The van der Waals surface area contributed by atoms with Crippen molar-refractivity contribution >= 4 is 28.5 Å². The van der Waals surface area contributed by atoms with Crippen LogP contribution in [0.1, 0.15) is 21.6 Å². The van der Waals surface area contributed by atoms with Crippen LogP contribution in [0, 0.1) is 6.92 Å². The number of rotatable bonds is 3. The molecule has 0 radical (unpaired) electrons. The molecule has 0 aliphatic heterocycles. The molecule has 118 valence electrons. The van der Waals surface area contributed by atoms with Crippen molar-refractivity contribution in [1.82, 2.24) is 19.2 Å². The predicted octanol–water partition coefficient (Wildman–Crippen LogP) is 3.43. The number of aryl methyl sites for hydroxylation is 2. The summed E-state index contributed by atoms with van der Waals surface area (Å²) in [6.45, 7) is 1.87. The number of pyridine rings is 1. The van der Waals surface area contributed by atoms with E-state index in [1.165, 1.54) is 0 Å². The van der Waals surface area contributed by atoms with Crippen LogP contribution in [-0.2, 0) is 7.05 Å². The maximum Gasteiger partial charge on any atom is 0.191 e. The average Bonchev–Trinajstić information content (AvgIpc) is 3.09. The molecule has 4 aromatic rings. The maximum absolute atomic E-state index is 12.8. The molecule has 1 aromatic carbocycles. The van der Waals surface area contributed by atoms with E-state index in [-0.39, 0.29) is 5.78 Å². The fraction of sp³-hybridized carbons (Fsp3) is 0.105. The fourth-order valence-electron chi connectivity index (χ4n) is 3.05. The highest BCUT2D eigenvalue weighted by atomic mass is 16.1. The first-order chi connectivity index (χ1) is 11.7. The van der Waals surface area contributed by atoms with Gasteiger partial charge in [-0.3, -0.25) is 9.78 Å². The summed E-state index contributed by atoms with van der Waals surface area (Å²) >= 11 is 0. The Morgan fingerprint density at radius 2 is 1.92 bits per heavy atom. The van der Waals surface area contributed by atoms with E-state index >= 15 is 0 Å². The molecule has 4 rings (SSSR count). The first-order valence-electron chi connectivity index (χ1n) is 7.72. The number of allylic oxidation sites excluding steroid dienone is 1. The van der Waals surface area contributed by atoms with Gasteiger partial charge in [0.25, 0.3) is 0 Å². The van der Waals surface area contributed by atoms with Crippen molar-refractivity contribution in [1.29, 1.82) is 0 Å². The molecule has 0 bridgehead atoms. The number of imidazole rings is 1. The molecule has 3 aromatic heterocycles. The molecule has 0 unspecified atom stereocenters. The normalized spacial score (nSPS) is 11.8. The molecule has 0 aliphatic rings. The van der Waals surface area contributed by atoms with E-state index in [1.807, 2.05) is 59.5 Å². The summed E-state index contributed by atoms with van der Waals surface area (Å²) in [7, 11) is 1.96. The predicted molar refractivity (Wildman–Crippen MR) is 94.0 cm³/mol. The van der Waals surface area contributed by atoms with Crippen molar-refractivity contribution in [2.75, 3.05) is 0 Å². The van der Waals surface area contributed by atoms with Crippen LogP contribution < -0.4 is 0 Å². The minimum Gasteiger partial charge on any atom is -0.327 e. The van der Waals surface area contributed by atoms with Crippen LogP contribution in [0.3, 0.4) is 0 Å². The molecule has 0 amide bonds. The number of hydrogen-bond donors (Lipinski definition) is 0. The number of fused-ring (bicyclic) bond motifs is 3. The van der Waals surface area contributed by atoms with Gasteiger partial charge in [-0.25, -0.2) is 4.52 Å². The third-order valence-corrected chi connectivity index (χ3v) is 4.18. The minimum atomic E-state index is -0.0581. The van der Waals surface area contributed by atoms with E-state index in [1.54, 1.807) is 24.5 Å². The molecule has 0 saturated carbocycles. The van der Waals surface area contributed by atoms with E-state index in [4.69, 9.17) is 0 Å². The Bertz CT molecular complexity index is 1090. The molecule has 3 heterocycles. The summed E-state index contributed by atoms with van der Waals surface area (Å²) in [4.78, 5) is 16.8. The molecule has 0 spiro atoms. The van der Waals surface area contributed by atoms with Crippen LogP contribution in [0.15, 0.2) is 54.9 Å².